The van der Waals surface area contributed by atoms with Gasteiger partial charge in [0.1, 0.15) is 5.75 Å². The molecule has 1 amide bonds. The summed E-state index contributed by atoms with van der Waals surface area (Å²) in [5, 5.41) is 18.9. The molecule has 7 heteroatoms. The molecule has 1 unspecified atom stereocenters. The molecule has 0 bridgehead atoms. The van der Waals surface area contributed by atoms with Crippen LogP contribution in [0.2, 0.25) is 0 Å². The Bertz CT molecular complexity index is 751. The van der Waals surface area contributed by atoms with Gasteiger partial charge in [0.2, 0.25) is 0 Å². The molecular weight excluding hydrogens is 372 g/mol. The van der Waals surface area contributed by atoms with Crippen LogP contribution in [0.1, 0.15) is 24.2 Å². The summed E-state index contributed by atoms with van der Waals surface area (Å²) in [5.41, 5.74) is 0.519. The number of carbonyl (C=O) groups excluding carboxylic acids is 1. The number of aromatic hydroxyl groups is 1. The Labute approximate surface area is 170 Å². The van der Waals surface area contributed by atoms with Crippen molar-refractivity contribution in [2.75, 3.05) is 26.2 Å². The summed E-state index contributed by atoms with van der Waals surface area (Å²) in [5.74, 6) is 0.711. The van der Waals surface area contributed by atoms with Crippen LogP contribution in [0.15, 0.2) is 64.5 Å². The van der Waals surface area contributed by atoms with Crippen LogP contribution in [-0.4, -0.2) is 48.4 Å². The van der Waals surface area contributed by atoms with E-state index in [1.165, 1.54) is 17.0 Å². The predicted molar refractivity (Wildman–Crippen MR) is 116 cm³/mol. The highest BCUT2D eigenvalue weighted by Gasteiger charge is 2.06. The lowest BCUT2D eigenvalue weighted by Gasteiger charge is -2.14. The van der Waals surface area contributed by atoms with E-state index in [0.29, 0.717) is 30.4 Å². The number of phenolic OH excluding ortho intramolecular Hbond substituents is 1. The number of carbonyl (C=O) groups is 1. The van der Waals surface area contributed by atoms with Gasteiger partial charge < -0.3 is 21.1 Å². The number of phenols is 1. The van der Waals surface area contributed by atoms with E-state index in [2.05, 4.69) is 40.0 Å². The topological polar surface area (TPSA) is 85.8 Å². The summed E-state index contributed by atoms with van der Waals surface area (Å²) < 4.78 is 0. The first-order valence-corrected chi connectivity index (χ1v) is 10.3. The summed E-state index contributed by atoms with van der Waals surface area (Å²) in [7, 11) is 0. The molecule has 0 aliphatic heterocycles. The maximum atomic E-state index is 12.0. The van der Waals surface area contributed by atoms with Gasteiger partial charge >= 0.3 is 0 Å². The Morgan fingerprint density at radius 1 is 1.04 bits per heavy atom. The number of aliphatic imine (C=N–C) groups is 1. The molecule has 1 atom stereocenters. The van der Waals surface area contributed by atoms with Crippen molar-refractivity contribution in [3.8, 4) is 5.75 Å². The Morgan fingerprint density at radius 3 is 2.39 bits per heavy atom. The number of rotatable bonds is 9. The Balaban J connectivity index is 1.74. The average Bonchev–Trinajstić information content (AvgIpc) is 2.70. The number of nitrogens with zero attached hydrogens (tertiary/aromatic N) is 1. The number of hydrogen-bond donors (Lipinski definition) is 4. The predicted octanol–water partition coefficient (Wildman–Crippen LogP) is 2.86. The summed E-state index contributed by atoms with van der Waals surface area (Å²) in [6, 6.07) is 16.5. The van der Waals surface area contributed by atoms with Crippen molar-refractivity contribution in [2.45, 2.75) is 24.0 Å². The van der Waals surface area contributed by atoms with Crippen LogP contribution < -0.4 is 16.0 Å². The number of amides is 1. The van der Waals surface area contributed by atoms with Crippen molar-refractivity contribution < 1.29 is 9.90 Å². The molecule has 2 rings (SSSR count). The molecule has 0 saturated carbocycles. The monoisotopic (exact) mass is 400 g/mol. The zero-order valence-corrected chi connectivity index (χ0v) is 17.1. The van der Waals surface area contributed by atoms with Crippen molar-refractivity contribution in [2.24, 2.45) is 4.99 Å². The molecule has 0 radical (unpaired) electrons. The molecule has 0 saturated heterocycles. The third kappa shape index (κ3) is 7.92. The second-order valence-electron chi connectivity index (χ2n) is 6.19. The normalized spacial score (nSPS) is 12.3. The van der Waals surface area contributed by atoms with E-state index in [9.17, 15) is 9.90 Å². The van der Waals surface area contributed by atoms with Gasteiger partial charge in [-0.2, -0.15) is 0 Å². The molecule has 2 aromatic carbocycles. The third-order valence-corrected chi connectivity index (χ3v) is 4.86. The molecule has 28 heavy (non-hydrogen) atoms. The first kappa shape index (κ1) is 21.6. The van der Waals surface area contributed by atoms with E-state index in [1.807, 2.05) is 25.1 Å². The minimum absolute atomic E-state index is 0.143. The SMILES string of the molecule is CCNC(=NCC(C)Sc1ccccc1)NCCNC(=O)c1ccc(O)cc1. The molecular formula is C21H28N4O2S. The first-order chi connectivity index (χ1) is 13.6. The van der Waals surface area contributed by atoms with E-state index < -0.39 is 0 Å². The van der Waals surface area contributed by atoms with Crippen LogP contribution in [0.4, 0.5) is 0 Å². The van der Waals surface area contributed by atoms with Crippen LogP contribution in [-0.2, 0) is 0 Å². The lowest BCUT2D eigenvalue weighted by molar-refractivity contribution is 0.0954. The summed E-state index contributed by atoms with van der Waals surface area (Å²) in [4.78, 5) is 17.9. The summed E-state index contributed by atoms with van der Waals surface area (Å²) in [6.07, 6.45) is 0. The van der Waals surface area contributed by atoms with Gasteiger partial charge in [0.15, 0.2) is 5.96 Å². The number of guanidine groups is 1. The van der Waals surface area contributed by atoms with Crippen molar-refractivity contribution >= 4 is 23.6 Å². The first-order valence-electron chi connectivity index (χ1n) is 9.39. The van der Waals surface area contributed by atoms with Gasteiger partial charge in [-0.3, -0.25) is 9.79 Å². The van der Waals surface area contributed by atoms with Gasteiger partial charge in [-0.1, -0.05) is 25.1 Å². The molecule has 4 N–H and O–H groups in total. The largest absolute Gasteiger partial charge is 0.508 e. The molecule has 0 aromatic heterocycles. The highest BCUT2D eigenvalue weighted by molar-refractivity contribution is 8.00. The van der Waals surface area contributed by atoms with Gasteiger partial charge in [0.25, 0.3) is 5.91 Å². The highest BCUT2D eigenvalue weighted by Crippen LogP contribution is 2.22. The van der Waals surface area contributed by atoms with Crippen LogP contribution in [0.3, 0.4) is 0 Å². The van der Waals surface area contributed by atoms with Crippen LogP contribution >= 0.6 is 11.8 Å². The molecule has 0 fully saturated rings. The lowest BCUT2D eigenvalue weighted by Crippen LogP contribution is -2.41. The van der Waals surface area contributed by atoms with Crippen molar-refractivity contribution in [1.82, 2.24) is 16.0 Å². The summed E-state index contributed by atoms with van der Waals surface area (Å²) in [6.45, 7) is 6.67. The Kier molecular flexibility index (Phi) is 9.21. The number of thioether (sulfide) groups is 1. The van der Waals surface area contributed by atoms with Gasteiger partial charge in [-0.05, 0) is 43.3 Å². The van der Waals surface area contributed by atoms with E-state index >= 15 is 0 Å². The second-order valence-corrected chi connectivity index (χ2v) is 7.70. The molecule has 0 aliphatic carbocycles. The second kappa shape index (κ2) is 11.9. The summed E-state index contributed by atoms with van der Waals surface area (Å²) >= 11 is 1.80. The average molecular weight is 401 g/mol. The van der Waals surface area contributed by atoms with Crippen molar-refractivity contribution in [3.63, 3.8) is 0 Å². The third-order valence-electron chi connectivity index (χ3n) is 3.76. The van der Waals surface area contributed by atoms with E-state index in [4.69, 9.17) is 0 Å². The number of nitrogens with one attached hydrogen (secondary N) is 3. The molecule has 6 nitrogen and oxygen atoms in total. The lowest BCUT2D eigenvalue weighted by atomic mass is 10.2. The van der Waals surface area contributed by atoms with Gasteiger partial charge in [0, 0.05) is 35.3 Å². The van der Waals surface area contributed by atoms with Gasteiger partial charge in [-0.25, -0.2) is 0 Å². The van der Waals surface area contributed by atoms with Crippen molar-refractivity contribution in [1.29, 1.82) is 0 Å². The standard InChI is InChI=1S/C21H28N4O2S/c1-3-22-21(25-15-16(2)28-19-7-5-4-6-8-19)24-14-13-23-20(27)17-9-11-18(26)12-10-17/h4-12,16,26H,3,13-15H2,1-2H3,(H,23,27)(H2,22,24,25). The fourth-order valence-corrected chi connectivity index (χ4v) is 3.33. The molecule has 2 aromatic rings. The maximum absolute atomic E-state index is 12.0. The van der Waals surface area contributed by atoms with Crippen molar-refractivity contribution in [3.05, 3.63) is 60.2 Å². The fraction of sp³-hybridized carbons (Fsp3) is 0.333. The van der Waals surface area contributed by atoms with E-state index in [-0.39, 0.29) is 11.7 Å². The van der Waals surface area contributed by atoms with E-state index in [1.54, 1.807) is 23.9 Å². The zero-order chi connectivity index (χ0) is 20.2. The molecule has 0 heterocycles. The van der Waals surface area contributed by atoms with E-state index in [0.717, 1.165) is 12.5 Å². The Morgan fingerprint density at radius 2 is 1.71 bits per heavy atom. The highest BCUT2D eigenvalue weighted by atomic mass is 32.2. The maximum Gasteiger partial charge on any atom is 0.251 e. The van der Waals surface area contributed by atoms with Crippen LogP contribution in [0, 0.1) is 0 Å². The molecule has 0 spiro atoms. The number of hydrogen-bond acceptors (Lipinski definition) is 4. The minimum atomic E-state index is -0.170. The fourth-order valence-electron chi connectivity index (χ4n) is 2.40. The quantitative estimate of drug-likeness (QED) is 0.225. The molecule has 150 valence electrons. The minimum Gasteiger partial charge on any atom is -0.508 e. The van der Waals surface area contributed by atoms with Crippen LogP contribution in [0.5, 0.6) is 5.75 Å². The zero-order valence-electron chi connectivity index (χ0n) is 16.3. The molecule has 0 aliphatic rings. The van der Waals surface area contributed by atoms with Crippen LogP contribution in [0.25, 0.3) is 0 Å². The van der Waals surface area contributed by atoms with Gasteiger partial charge in [0.05, 0.1) is 6.54 Å². The Hall–Kier alpha value is -2.67. The number of benzene rings is 2. The van der Waals surface area contributed by atoms with Gasteiger partial charge in [-0.15, -0.1) is 11.8 Å². The smallest absolute Gasteiger partial charge is 0.251 e.